The molecule has 0 fully saturated rings. The Kier molecular flexibility index (Phi) is 4.47. The molecule has 1 atom stereocenters. The second-order valence-corrected chi connectivity index (χ2v) is 4.59. The maximum absolute atomic E-state index is 13.6. The van der Waals surface area contributed by atoms with Crippen LogP contribution >= 0.6 is 11.6 Å². The maximum atomic E-state index is 13.6. The number of nitrogens with two attached hydrogens (primary N) is 1. The van der Waals surface area contributed by atoms with Gasteiger partial charge in [-0.2, -0.15) is 0 Å². The van der Waals surface area contributed by atoms with Crippen molar-refractivity contribution in [1.82, 2.24) is 5.43 Å². The molecule has 0 bridgehead atoms. The van der Waals surface area contributed by atoms with Gasteiger partial charge in [-0.05, 0) is 35.7 Å². The van der Waals surface area contributed by atoms with Crippen molar-refractivity contribution in [2.45, 2.75) is 12.5 Å². The number of hydrogen-bond acceptors (Lipinski definition) is 2. The lowest BCUT2D eigenvalue weighted by atomic mass is 9.99. The lowest BCUT2D eigenvalue weighted by molar-refractivity contribution is 0.527. The molecule has 0 aliphatic heterocycles. The highest BCUT2D eigenvalue weighted by molar-refractivity contribution is 6.31. The highest BCUT2D eigenvalue weighted by Crippen LogP contribution is 2.26. The smallest absolute Gasteiger partial charge is 0.126 e. The van der Waals surface area contributed by atoms with Gasteiger partial charge in [0, 0.05) is 5.02 Å². The van der Waals surface area contributed by atoms with Crippen LogP contribution in [0.4, 0.5) is 8.78 Å². The van der Waals surface area contributed by atoms with Gasteiger partial charge in [0.25, 0.3) is 0 Å². The normalized spacial score (nSPS) is 12.4. The van der Waals surface area contributed by atoms with E-state index in [9.17, 15) is 8.78 Å². The van der Waals surface area contributed by atoms with Crippen LogP contribution < -0.4 is 11.3 Å². The molecule has 0 aliphatic rings. The van der Waals surface area contributed by atoms with Crippen molar-refractivity contribution in [3.8, 4) is 0 Å². The number of benzene rings is 2. The molecule has 0 spiro atoms. The lowest BCUT2D eigenvalue weighted by Gasteiger charge is -2.18. The Labute approximate surface area is 115 Å². The van der Waals surface area contributed by atoms with E-state index in [0.29, 0.717) is 17.5 Å². The molecule has 0 aromatic heterocycles. The second kappa shape index (κ2) is 6.10. The van der Waals surface area contributed by atoms with E-state index in [1.807, 2.05) is 0 Å². The fourth-order valence-electron chi connectivity index (χ4n) is 1.93. The number of hydrazine groups is 1. The van der Waals surface area contributed by atoms with Gasteiger partial charge < -0.3 is 0 Å². The number of nitrogens with one attached hydrogen (secondary N) is 1. The molecule has 0 amide bonds. The predicted molar refractivity (Wildman–Crippen MR) is 71.6 cm³/mol. The van der Waals surface area contributed by atoms with Gasteiger partial charge >= 0.3 is 0 Å². The molecule has 2 aromatic carbocycles. The Morgan fingerprint density at radius 1 is 1.16 bits per heavy atom. The highest BCUT2D eigenvalue weighted by Gasteiger charge is 2.16. The van der Waals surface area contributed by atoms with Crippen molar-refractivity contribution in [3.05, 3.63) is 70.2 Å². The van der Waals surface area contributed by atoms with Crippen LogP contribution in [0.25, 0.3) is 0 Å². The van der Waals surface area contributed by atoms with E-state index >= 15 is 0 Å². The van der Waals surface area contributed by atoms with E-state index in [2.05, 4.69) is 5.43 Å². The third-order valence-electron chi connectivity index (χ3n) is 2.92. The summed E-state index contributed by atoms with van der Waals surface area (Å²) >= 11 is 5.98. The fourth-order valence-corrected chi connectivity index (χ4v) is 2.23. The first-order valence-corrected chi connectivity index (χ1v) is 6.14. The molecule has 19 heavy (non-hydrogen) atoms. The minimum Gasteiger partial charge on any atom is -0.271 e. The molecule has 0 aliphatic carbocycles. The van der Waals surface area contributed by atoms with Crippen LogP contribution in [0, 0.1) is 11.6 Å². The van der Waals surface area contributed by atoms with Crippen LogP contribution in [0.5, 0.6) is 0 Å². The van der Waals surface area contributed by atoms with Crippen LogP contribution in [0.1, 0.15) is 17.2 Å². The average molecular weight is 283 g/mol. The summed E-state index contributed by atoms with van der Waals surface area (Å²) in [6, 6.07) is 10.1. The van der Waals surface area contributed by atoms with E-state index in [1.165, 1.54) is 18.2 Å². The Balaban J connectivity index is 2.28. The molecule has 3 N–H and O–H groups in total. The minimum absolute atomic E-state index is 0.263. The van der Waals surface area contributed by atoms with Crippen LogP contribution in [0.2, 0.25) is 5.02 Å². The summed E-state index contributed by atoms with van der Waals surface area (Å²) in [5, 5.41) is 0.263. The van der Waals surface area contributed by atoms with Gasteiger partial charge in [0.2, 0.25) is 0 Å². The topological polar surface area (TPSA) is 38.0 Å². The largest absolute Gasteiger partial charge is 0.271 e. The number of rotatable bonds is 4. The van der Waals surface area contributed by atoms with Gasteiger partial charge in [-0.25, -0.2) is 8.78 Å². The lowest BCUT2D eigenvalue weighted by Crippen LogP contribution is -2.30. The van der Waals surface area contributed by atoms with E-state index < -0.39 is 5.82 Å². The summed E-state index contributed by atoms with van der Waals surface area (Å²) in [4.78, 5) is 0. The molecular weight excluding hydrogens is 270 g/mol. The fraction of sp³-hybridized carbons (Fsp3) is 0.143. The van der Waals surface area contributed by atoms with Gasteiger partial charge in [-0.3, -0.25) is 11.3 Å². The third kappa shape index (κ3) is 3.29. The first kappa shape index (κ1) is 13.9. The highest BCUT2D eigenvalue weighted by atomic mass is 35.5. The summed E-state index contributed by atoms with van der Waals surface area (Å²) in [6.07, 6.45) is 0.328. The molecule has 2 rings (SSSR count). The monoisotopic (exact) mass is 282 g/mol. The maximum Gasteiger partial charge on any atom is 0.126 e. The van der Waals surface area contributed by atoms with Crippen molar-refractivity contribution in [1.29, 1.82) is 0 Å². The molecular formula is C14H13ClF2N2. The van der Waals surface area contributed by atoms with Gasteiger partial charge in [-0.15, -0.1) is 0 Å². The van der Waals surface area contributed by atoms with E-state index in [-0.39, 0.29) is 16.9 Å². The van der Waals surface area contributed by atoms with Gasteiger partial charge in [-0.1, -0.05) is 35.9 Å². The van der Waals surface area contributed by atoms with Crippen LogP contribution in [0.15, 0.2) is 42.5 Å². The van der Waals surface area contributed by atoms with Crippen LogP contribution in [-0.2, 0) is 6.42 Å². The zero-order valence-electron chi connectivity index (χ0n) is 10.0. The Hall–Kier alpha value is -1.49. The summed E-state index contributed by atoms with van der Waals surface area (Å²) in [6.45, 7) is 0. The van der Waals surface area contributed by atoms with Gasteiger partial charge in [0.15, 0.2) is 0 Å². The minimum atomic E-state index is -0.421. The first-order valence-electron chi connectivity index (χ1n) is 5.76. The Morgan fingerprint density at radius 3 is 2.53 bits per heavy atom. The number of hydrogen-bond donors (Lipinski definition) is 2. The van der Waals surface area contributed by atoms with Crippen LogP contribution in [-0.4, -0.2) is 0 Å². The van der Waals surface area contributed by atoms with Gasteiger partial charge in [0.05, 0.1) is 6.04 Å². The summed E-state index contributed by atoms with van der Waals surface area (Å²) in [5.41, 5.74) is 3.73. The van der Waals surface area contributed by atoms with E-state index in [4.69, 9.17) is 17.4 Å². The zero-order valence-corrected chi connectivity index (χ0v) is 10.8. The molecule has 1 unspecified atom stereocenters. The zero-order chi connectivity index (χ0) is 13.8. The van der Waals surface area contributed by atoms with E-state index in [0.717, 1.165) is 0 Å². The molecule has 2 nitrogen and oxygen atoms in total. The molecule has 0 saturated carbocycles. The van der Waals surface area contributed by atoms with Crippen molar-refractivity contribution >= 4 is 11.6 Å². The first-order chi connectivity index (χ1) is 9.11. The quantitative estimate of drug-likeness (QED) is 0.666. The molecule has 100 valence electrons. The molecule has 0 saturated heterocycles. The Morgan fingerprint density at radius 2 is 1.89 bits per heavy atom. The second-order valence-electron chi connectivity index (χ2n) is 4.18. The molecule has 0 radical (unpaired) electrons. The van der Waals surface area contributed by atoms with Crippen molar-refractivity contribution in [3.63, 3.8) is 0 Å². The average Bonchev–Trinajstić information content (AvgIpc) is 2.39. The van der Waals surface area contributed by atoms with Crippen molar-refractivity contribution in [2.24, 2.45) is 5.84 Å². The van der Waals surface area contributed by atoms with Crippen molar-refractivity contribution in [2.75, 3.05) is 0 Å². The van der Waals surface area contributed by atoms with Crippen molar-refractivity contribution < 1.29 is 8.78 Å². The standard InChI is InChI=1S/C14H13ClF2N2/c15-12-8-10(16)5-6-11(12)14(19-18)7-9-3-1-2-4-13(9)17/h1-6,8,14,19H,7,18H2. The molecule has 5 heteroatoms. The van der Waals surface area contributed by atoms with Gasteiger partial charge in [0.1, 0.15) is 11.6 Å². The predicted octanol–water partition coefficient (Wildman–Crippen LogP) is 3.37. The van der Waals surface area contributed by atoms with Crippen LogP contribution in [0.3, 0.4) is 0 Å². The molecule has 0 heterocycles. The van der Waals surface area contributed by atoms with E-state index in [1.54, 1.807) is 24.3 Å². The summed E-state index contributed by atoms with van der Waals surface area (Å²) in [5.74, 6) is 4.76. The third-order valence-corrected chi connectivity index (χ3v) is 3.25. The SMILES string of the molecule is NNC(Cc1ccccc1F)c1ccc(F)cc1Cl. The summed E-state index contributed by atoms with van der Waals surface area (Å²) in [7, 11) is 0. The summed E-state index contributed by atoms with van der Waals surface area (Å²) < 4.78 is 26.6. The molecule has 2 aromatic rings. The Bertz CT molecular complexity index is 575. The number of halogens is 3.